The summed E-state index contributed by atoms with van der Waals surface area (Å²) in [5.74, 6) is 1.46. The lowest BCUT2D eigenvalue weighted by atomic mass is 10.2. The molecule has 0 aromatic carbocycles. The van der Waals surface area contributed by atoms with Crippen LogP contribution in [0.5, 0.6) is 0 Å². The molecule has 0 aliphatic rings. The molecule has 0 radical (unpaired) electrons. The number of hydrogen-bond donors (Lipinski definition) is 1. The van der Waals surface area contributed by atoms with E-state index in [1.165, 1.54) is 0 Å². The Balaban J connectivity index is 2.19. The Labute approximate surface area is 94.8 Å². The summed E-state index contributed by atoms with van der Waals surface area (Å²) < 4.78 is 5.14. The van der Waals surface area contributed by atoms with Gasteiger partial charge in [0.25, 0.3) is 0 Å². The van der Waals surface area contributed by atoms with Gasteiger partial charge in [-0.15, -0.1) is 11.6 Å². The van der Waals surface area contributed by atoms with Crippen LogP contribution < -0.4 is 5.32 Å². The number of amides is 1. The van der Waals surface area contributed by atoms with E-state index in [0.717, 1.165) is 12.2 Å². The molecular weight excluding hydrogens is 214 g/mol. The van der Waals surface area contributed by atoms with Gasteiger partial charge in [-0.1, -0.05) is 0 Å². The lowest BCUT2D eigenvalue weighted by Gasteiger charge is -2.11. The molecule has 3 nitrogen and oxygen atoms in total. The third-order valence-corrected chi connectivity index (χ3v) is 2.35. The molecule has 1 unspecified atom stereocenters. The average Bonchev–Trinajstić information content (AvgIpc) is 2.67. The van der Waals surface area contributed by atoms with Crippen molar-refractivity contribution in [2.45, 2.75) is 32.2 Å². The maximum atomic E-state index is 11.4. The molecule has 0 saturated heterocycles. The van der Waals surface area contributed by atoms with Gasteiger partial charge in [0.2, 0.25) is 5.91 Å². The minimum atomic E-state index is 0.0454. The van der Waals surface area contributed by atoms with Crippen LogP contribution in [-0.2, 0) is 11.2 Å². The molecule has 84 valence electrons. The molecule has 1 rings (SSSR count). The van der Waals surface area contributed by atoms with Crippen LogP contribution >= 0.6 is 11.6 Å². The predicted molar refractivity (Wildman–Crippen MR) is 60.0 cm³/mol. The highest BCUT2D eigenvalue weighted by molar-refractivity contribution is 6.17. The number of halogens is 1. The normalized spacial score (nSPS) is 12.4. The largest absolute Gasteiger partial charge is 0.469 e. The Hall–Kier alpha value is -0.960. The second-order valence-electron chi connectivity index (χ2n) is 3.53. The number of furan rings is 1. The van der Waals surface area contributed by atoms with E-state index in [-0.39, 0.29) is 11.9 Å². The summed E-state index contributed by atoms with van der Waals surface area (Å²) in [6, 6.07) is 3.84. The fourth-order valence-corrected chi connectivity index (χ4v) is 1.60. The van der Waals surface area contributed by atoms with Gasteiger partial charge in [0.15, 0.2) is 0 Å². The van der Waals surface area contributed by atoms with Crippen molar-refractivity contribution in [2.24, 2.45) is 0 Å². The lowest BCUT2D eigenvalue weighted by molar-refractivity contribution is -0.121. The highest BCUT2D eigenvalue weighted by Crippen LogP contribution is 2.03. The fourth-order valence-electron chi connectivity index (χ4n) is 1.27. The van der Waals surface area contributed by atoms with Gasteiger partial charge in [0.1, 0.15) is 5.76 Å². The summed E-state index contributed by atoms with van der Waals surface area (Å²) in [4.78, 5) is 11.4. The first kappa shape index (κ1) is 12.1. The van der Waals surface area contributed by atoms with Gasteiger partial charge >= 0.3 is 0 Å². The smallest absolute Gasteiger partial charge is 0.220 e. The van der Waals surface area contributed by atoms with E-state index in [1.807, 2.05) is 19.1 Å². The second-order valence-corrected chi connectivity index (χ2v) is 3.90. The fraction of sp³-hybridized carbons (Fsp3) is 0.545. The van der Waals surface area contributed by atoms with Crippen LogP contribution in [0.25, 0.3) is 0 Å². The number of aryl methyl sites for hydroxylation is 1. The summed E-state index contributed by atoms with van der Waals surface area (Å²) in [5.41, 5.74) is 0. The monoisotopic (exact) mass is 229 g/mol. The van der Waals surface area contributed by atoms with Gasteiger partial charge in [0, 0.05) is 24.8 Å². The van der Waals surface area contributed by atoms with Crippen LogP contribution in [-0.4, -0.2) is 17.8 Å². The maximum Gasteiger partial charge on any atom is 0.220 e. The molecule has 1 heterocycles. The molecule has 1 N–H and O–H groups in total. The van der Waals surface area contributed by atoms with Crippen LogP contribution in [0.4, 0.5) is 0 Å². The molecule has 0 saturated carbocycles. The zero-order valence-electron chi connectivity index (χ0n) is 8.83. The first-order valence-electron chi connectivity index (χ1n) is 5.10. The quantitative estimate of drug-likeness (QED) is 0.761. The van der Waals surface area contributed by atoms with Gasteiger partial charge < -0.3 is 9.73 Å². The molecule has 0 aliphatic heterocycles. The van der Waals surface area contributed by atoms with E-state index in [2.05, 4.69) is 5.32 Å². The van der Waals surface area contributed by atoms with E-state index in [1.54, 1.807) is 6.26 Å². The standard InChI is InChI=1S/C11H16ClNO2/c1-9(6-7-12)13-11(14)5-4-10-3-2-8-15-10/h2-3,8-9H,4-7H2,1H3,(H,13,14). The third kappa shape index (κ3) is 4.88. The number of alkyl halides is 1. The number of carbonyl (C=O) groups is 1. The number of carbonyl (C=O) groups excluding carboxylic acids is 1. The summed E-state index contributed by atoms with van der Waals surface area (Å²) >= 11 is 5.57. The van der Waals surface area contributed by atoms with E-state index in [0.29, 0.717) is 18.7 Å². The van der Waals surface area contributed by atoms with Crippen molar-refractivity contribution in [2.75, 3.05) is 5.88 Å². The zero-order valence-corrected chi connectivity index (χ0v) is 9.59. The Morgan fingerprint density at radius 3 is 3.07 bits per heavy atom. The van der Waals surface area contributed by atoms with Gasteiger partial charge in [-0.05, 0) is 25.5 Å². The average molecular weight is 230 g/mol. The Bertz CT molecular complexity index is 285. The summed E-state index contributed by atoms with van der Waals surface area (Å²) in [5, 5.41) is 2.88. The number of hydrogen-bond acceptors (Lipinski definition) is 2. The molecular formula is C11H16ClNO2. The first-order valence-corrected chi connectivity index (χ1v) is 5.63. The molecule has 1 aromatic heterocycles. The SMILES string of the molecule is CC(CCCl)NC(=O)CCc1ccco1. The summed E-state index contributed by atoms with van der Waals surface area (Å²) in [6.45, 7) is 1.95. The Morgan fingerprint density at radius 2 is 2.47 bits per heavy atom. The van der Waals surface area contributed by atoms with E-state index < -0.39 is 0 Å². The van der Waals surface area contributed by atoms with Crippen molar-refractivity contribution < 1.29 is 9.21 Å². The zero-order chi connectivity index (χ0) is 11.1. The number of rotatable bonds is 6. The summed E-state index contributed by atoms with van der Waals surface area (Å²) in [7, 11) is 0. The molecule has 1 amide bonds. The van der Waals surface area contributed by atoms with Crippen molar-refractivity contribution in [1.29, 1.82) is 0 Å². The van der Waals surface area contributed by atoms with Gasteiger partial charge in [-0.25, -0.2) is 0 Å². The molecule has 0 aliphatic carbocycles. The van der Waals surface area contributed by atoms with Crippen LogP contribution in [0.2, 0.25) is 0 Å². The second kappa shape index (κ2) is 6.51. The molecule has 0 spiro atoms. The predicted octanol–water partition coefficient (Wildman–Crippen LogP) is 2.35. The van der Waals surface area contributed by atoms with Crippen molar-refractivity contribution in [3.8, 4) is 0 Å². The molecule has 15 heavy (non-hydrogen) atoms. The molecule has 1 aromatic rings. The molecule has 0 fully saturated rings. The Kier molecular flexibility index (Phi) is 5.26. The number of nitrogens with one attached hydrogen (secondary N) is 1. The van der Waals surface area contributed by atoms with Crippen LogP contribution in [0.15, 0.2) is 22.8 Å². The molecule has 0 bridgehead atoms. The van der Waals surface area contributed by atoms with Crippen molar-refractivity contribution >= 4 is 17.5 Å². The van der Waals surface area contributed by atoms with E-state index >= 15 is 0 Å². The Morgan fingerprint density at radius 1 is 1.67 bits per heavy atom. The topological polar surface area (TPSA) is 42.2 Å². The van der Waals surface area contributed by atoms with Crippen molar-refractivity contribution in [3.05, 3.63) is 24.2 Å². The van der Waals surface area contributed by atoms with Gasteiger partial charge in [-0.2, -0.15) is 0 Å². The van der Waals surface area contributed by atoms with Crippen molar-refractivity contribution in [1.82, 2.24) is 5.32 Å². The highest BCUT2D eigenvalue weighted by atomic mass is 35.5. The van der Waals surface area contributed by atoms with E-state index in [4.69, 9.17) is 16.0 Å². The third-order valence-electron chi connectivity index (χ3n) is 2.13. The maximum absolute atomic E-state index is 11.4. The first-order chi connectivity index (χ1) is 7.22. The summed E-state index contributed by atoms with van der Waals surface area (Å²) in [6.07, 6.45) is 3.52. The molecule has 4 heteroatoms. The minimum Gasteiger partial charge on any atom is -0.469 e. The van der Waals surface area contributed by atoms with E-state index in [9.17, 15) is 4.79 Å². The van der Waals surface area contributed by atoms with Crippen LogP contribution in [0.3, 0.4) is 0 Å². The molecule has 1 atom stereocenters. The van der Waals surface area contributed by atoms with Gasteiger partial charge in [-0.3, -0.25) is 4.79 Å². The van der Waals surface area contributed by atoms with Crippen LogP contribution in [0, 0.1) is 0 Å². The van der Waals surface area contributed by atoms with Crippen molar-refractivity contribution in [3.63, 3.8) is 0 Å². The minimum absolute atomic E-state index is 0.0454. The van der Waals surface area contributed by atoms with Gasteiger partial charge in [0.05, 0.1) is 6.26 Å². The van der Waals surface area contributed by atoms with Crippen LogP contribution in [0.1, 0.15) is 25.5 Å². The highest BCUT2D eigenvalue weighted by Gasteiger charge is 2.07. The lowest BCUT2D eigenvalue weighted by Crippen LogP contribution is -2.32.